The van der Waals surface area contributed by atoms with Crippen LogP contribution in [0.2, 0.25) is 0 Å². The molecule has 2 aromatic heterocycles. The molecule has 0 aliphatic heterocycles. The maximum Gasteiger partial charge on any atom is 0.387 e. The van der Waals surface area contributed by atoms with E-state index in [1.807, 2.05) is 30.3 Å². The first-order valence-corrected chi connectivity index (χ1v) is 9.47. The summed E-state index contributed by atoms with van der Waals surface area (Å²) in [6, 6.07) is 15.6. The highest BCUT2D eigenvalue weighted by molar-refractivity contribution is 7.98. The highest BCUT2D eigenvalue weighted by atomic mass is 32.2. The Morgan fingerprint density at radius 1 is 1.03 bits per heavy atom. The van der Waals surface area contributed by atoms with Crippen LogP contribution in [-0.4, -0.2) is 26.5 Å². The molecule has 7 nitrogen and oxygen atoms in total. The average molecular weight is 415 g/mol. The number of rotatable bonds is 7. The molecule has 2 heterocycles. The van der Waals surface area contributed by atoms with E-state index in [0.717, 1.165) is 11.3 Å². The molecule has 148 valence electrons. The fraction of sp³-hybridized carbons (Fsp3) is 0.105. The van der Waals surface area contributed by atoms with E-state index in [2.05, 4.69) is 19.9 Å². The van der Waals surface area contributed by atoms with E-state index in [9.17, 15) is 8.78 Å². The fourth-order valence-corrected chi connectivity index (χ4v) is 3.32. The predicted octanol–water partition coefficient (Wildman–Crippen LogP) is 4.21. The molecule has 10 heteroatoms. The number of hydrogen-bond acceptors (Lipinski definition) is 7. The molecule has 0 unspecified atom stereocenters. The summed E-state index contributed by atoms with van der Waals surface area (Å²) in [5.41, 5.74) is 2.26. The first-order valence-electron chi connectivity index (χ1n) is 8.48. The Kier molecular flexibility index (Phi) is 5.43. The number of hydrogen-bond donors (Lipinski definition) is 1. The summed E-state index contributed by atoms with van der Waals surface area (Å²) >= 11 is 1.35. The van der Waals surface area contributed by atoms with Crippen LogP contribution in [0.5, 0.6) is 5.75 Å². The second kappa shape index (κ2) is 8.31. The van der Waals surface area contributed by atoms with Crippen LogP contribution in [0.25, 0.3) is 22.8 Å². The van der Waals surface area contributed by atoms with Gasteiger partial charge in [0.25, 0.3) is 0 Å². The maximum atomic E-state index is 12.3. The molecule has 0 amide bonds. The summed E-state index contributed by atoms with van der Waals surface area (Å²) in [5, 5.41) is 8.64. The summed E-state index contributed by atoms with van der Waals surface area (Å²) in [7, 11) is 0. The number of thioether (sulfide) groups is 1. The number of alkyl halides is 2. The molecule has 0 aliphatic rings. The van der Waals surface area contributed by atoms with Crippen molar-refractivity contribution in [2.75, 3.05) is 5.84 Å². The molecule has 0 aliphatic carbocycles. The fourth-order valence-electron chi connectivity index (χ4n) is 2.58. The molecule has 0 radical (unpaired) electrons. The van der Waals surface area contributed by atoms with Crippen molar-refractivity contribution >= 4 is 11.8 Å². The Morgan fingerprint density at radius 3 is 2.52 bits per heavy atom. The topological polar surface area (TPSA) is 92.0 Å². The number of nitrogens with zero attached hydrogens (tertiary/aromatic N) is 4. The minimum Gasteiger partial charge on any atom is -0.444 e. The number of nitrogen functional groups attached to an aromatic ring is 1. The van der Waals surface area contributed by atoms with Crippen LogP contribution in [0.3, 0.4) is 0 Å². The van der Waals surface area contributed by atoms with Crippen molar-refractivity contribution in [3.05, 3.63) is 66.6 Å². The molecule has 0 saturated carbocycles. The second-order valence-corrected chi connectivity index (χ2v) is 6.82. The Hall–Kier alpha value is -3.40. The summed E-state index contributed by atoms with van der Waals surface area (Å²) in [5.74, 6) is 7.59. The summed E-state index contributed by atoms with van der Waals surface area (Å²) < 4.78 is 35.7. The van der Waals surface area contributed by atoms with Gasteiger partial charge in [0.1, 0.15) is 12.0 Å². The Morgan fingerprint density at radius 2 is 1.79 bits per heavy atom. The predicted molar refractivity (Wildman–Crippen MR) is 104 cm³/mol. The number of nitrogens with two attached hydrogens (primary N) is 1. The third-order valence-corrected chi connectivity index (χ3v) is 4.90. The standard InChI is InChI=1S/C19H15F2N5O2S/c20-18(21)28-15-8-6-12(7-9-15)16-24-25-19(26(16)22)29-11-14-10-27-17(23-14)13-4-2-1-3-5-13/h1-10,18H,11,22H2. The zero-order chi connectivity index (χ0) is 20.2. The number of aromatic nitrogens is 4. The van der Waals surface area contributed by atoms with Gasteiger partial charge in [-0.25, -0.2) is 9.66 Å². The Balaban J connectivity index is 1.43. The van der Waals surface area contributed by atoms with E-state index >= 15 is 0 Å². The Labute approximate surface area is 168 Å². The van der Waals surface area contributed by atoms with Crippen LogP contribution in [0.4, 0.5) is 8.78 Å². The first kappa shape index (κ1) is 18.9. The van der Waals surface area contributed by atoms with Crippen LogP contribution >= 0.6 is 11.8 Å². The van der Waals surface area contributed by atoms with Gasteiger partial charge in [0.05, 0.1) is 5.69 Å². The van der Waals surface area contributed by atoms with Crippen molar-refractivity contribution in [2.45, 2.75) is 17.5 Å². The van der Waals surface area contributed by atoms with Gasteiger partial charge in [0.2, 0.25) is 11.0 Å². The van der Waals surface area contributed by atoms with Gasteiger partial charge >= 0.3 is 6.61 Å². The molecule has 4 aromatic rings. The van der Waals surface area contributed by atoms with E-state index in [0.29, 0.717) is 28.2 Å². The number of benzene rings is 2. The minimum atomic E-state index is -2.87. The normalized spacial score (nSPS) is 11.1. The molecular formula is C19H15F2N5O2S. The third-order valence-electron chi connectivity index (χ3n) is 3.92. The molecular weight excluding hydrogens is 400 g/mol. The number of halogens is 2. The lowest BCUT2D eigenvalue weighted by Gasteiger charge is -2.06. The SMILES string of the molecule is Nn1c(SCc2coc(-c3ccccc3)n2)nnc1-c1ccc(OC(F)F)cc1. The number of oxazole rings is 1. The highest BCUT2D eigenvalue weighted by Crippen LogP contribution is 2.27. The van der Waals surface area contributed by atoms with E-state index in [1.165, 1.54) is 28.6 Å². The zero-order valence-corrected chi connectivity index (χ0v) is 15.7. The van der Waals surface area contributed by atoms with Gasteiger partial charge in [-0.2, -0.15) is 8.78 Å². The lowest BCUT2D eigenvalue weighted by Crippen LogP contribution is -2.11. The second-order valence-electron chi connectivity index (χ2n) is 5.88. The van der Waals surface area contributed by atoms with Crippen LogP contribution in [0.1, 0.15) is 5.69 Å². The van der Waals surface area contributed by atoms with Gasteiger partial charge in [0.15, 0.2) is 5.82 Å². The average Bonchev–Trinajstić information content (AvgIpc) is 3.34. The van der Waals surface area contributed by atoms with E-state index in [1.54, 1.807) is 18.4 Å². The van der Waals surface area contributed by atoms with Gasteiger partial charge in [-0.1, -0.05) is 30.0 Å². The van der Waals surface area contributed by atoms with Gasteiger partial charge in [-0.15, -0.1) is 10.2 Å². The maximum absolute atomic E-state index is 12.3. The highest BCUT2D eigenvalue weighted by Gasteiger charge is 2.14. The van der Waals surface area contributed by atoms with Crippen LogP contribution in [0, 0.1) is 0 Å². The van der Waals surface area contributed by atoms with Gasteiger partial charge < -0.3 is 15.0 Å². The largest absolute Gasteiger partial charge is 0.444 e. The van der Waals surface area contributed by atoms with Gasteiger partial charge in [0, 0.05) is 16.9 Å². The lowest BCUT2D eigenvalue weighted by molar-refractivity contribution is -0.0498. The van der Waals surface area contributed by atoms with Gasteiger partial charge in [-0.05, 0) is 36.4 Å². The van der Waals surface area contributed by atoms with Crippen molar-refractivity contribution in [1.82, 2.24) is 19.9 Å². The molecule has 0 atom stereocenters. The molecule has 0 spiro atoms. The molecule has 0 fully saturated rings. The first-order chi connectivity index (χ1) is 14.1. The molecule has 0 bridgehead atoms. The monoisotopic (exact) mass is 415 g/mol. The summed E-state index contributed by atoms with van der Waals surface area (Å²) in [6.07, 6.45) is 1.59. The molecule has 2 aromatic carbocycles. The quantitative estimate of drug-likeness (QED) is 0.357. The van der Waals surface area contributed by atoms with Crippen molar-refractivity contribution in [2.24, 2.45) is 0 Å². The van der Waals surface area contributed by atoms with Crippen molar-refractivity contribution in [3.8, 4) is 28.6 Å². The molecule has 4 rings (SSSR count). The van der Waals surface area contributed by atoms with E-state index in [4.69, 9.17) is 10.3 Å². The summed E-state index contributed by atoms with van der Waals surface area (Å²) in [4.78, 5) is 4.46. The summed E-state index contributed by atoms with van der Waals surface area (Å²) in [6.45, 7) is -2.87. The van der Waals surface area contributed by atoms with Crippen molar-refractivity contribution in [1.29, 1.82) is 0 Å². The van der Waals surface area contributed by atoms with Crippen LogP contribution in [0.15, 0.2) is 70.4 Å². The third kappa shape index (κ3) is 4.37. The van der Waals surface area contributed by atoms with Gasteiger partial charge in [-0.3, -0.25) is 0 Å². The molecule has 2 N–H and O–H groups in total. The van der Waals surface area contributed by atoms with E-state index in [-0.39, 0.29) is 5.75 Å². The number of ether oxygens (including phenoxy) is 1. The minimum absolute atomic E-state index is 0.0571. The van der Waals surface area contributed by atoms with E-state index < -0.39 is 6.61 Å². The van der Waals surface area contributed by atoms with Crippen molar-refractivity contribution in [3.63, 3.8) is 0 Å². The Bertz CT molecular complexity index is 1080. The molecule has 29 heavy (non-hydrogen) atoms. The van der Waals surface area contributed by atoms with Crippen LogP contribution in [-0.2, 0) is 5.75 Å². The van der Waals surface area contributed by atoms with Crippen molar-refractivity contribution < 1.29 is 17.9 Å². The zero-order valence-electron chi connectivity index (χ0n) is 14.9. The van der Waals surface area contributed by atoms with Crippen LogP contribution < -0.4 is 10.6 Å². The smallest absolute Gasteiger partial charge is 0.387 e. The lowest BCUT2D eigenvalue weighted by atomic mass is 10.2. The molecule has 0 saturated heterocycles.